The molecular weight excluding hydrogens is 327 g/mol. The van der Waals surface area contributed by atoms with E-state index >= 15 is 0 Å². The van der Waals surface area contributed by atoms with Crippen LogP contribution in [0.25, 0.3) is 5.65 Å². The molecule has 124 valence electrons. The molecule has 0 fully saturated rings. The number of carbonyl (C=O) groups is 1. The fourth-order valence-corrected chi connectivity index (χ4v) is 2.16. The van der Waals surface area contributed by atoms with Gasteiger partial charge in [0.05, 0.1) is 0 Å². The van der Waals surface area contributed by atoms with Gasteiger partial charge in [0.2, 0.25) is 0 Å². The minimum Gasteiger partial charge on any atom is -0.406 e. The van der Waals surface area contributed by atoms with Crippen LogP contribution in [0.1, 0.15) is 10.5 Å². The number of imidazole rings is 1. The summed E-state index contributed by atoms with van der Waals surface area (Å²) in [5.74, 6) is -0.983. The van der Waals surface area contributed by atoms with E-state index in [1.54, 1.807) is 12.1 Å². The second-order valence-electron chi connectivity index (χ2n) is 4.78. The Balaban J connectivity index is 1.80. The molecule has 3 rings (SSSR count). The van der Waals surface area contributed by atoms with Gasteiger partial charge in [-0.3, -0.25) is 14.0 Å². The van der Waals surface area contributed by atoms with Crippen molar-refractivity contribution >= 4 is 17.2 Å². The van der Waals surface area contributed by atoms with Gasteiger partial charge in [0.25, 0.3) is 11.5 Å². The minimum atomic E-state index is -4.78. The molecule has 0 radical (unpaired) electrons. The molecule has 2 heterocycles. The Morgan fingerprint density at radius 2 is 1.83 bits per heavy atom. The number of H-pyrrole nitrogens is 1. The smallest absolute Gasteiger partial charge is 0.406 e. The van der Waals surface area contributed by atoms with E-state index in [1.807, 2.05) is 0 Å². The van der Waals surface area contributed by atoms with Gasteiger partial charge in [0.1, 0.15) is 17.1 Å². The number of nitrogens with zero attached hydrogens (tertiary/aromatic N) is 1. The molecule has 0 saturated heterocycles. The number of hydrogen-bond donors (Lipinski definition) is 2. The predicted octanol–water partition coefficient (Wildman–Crippen LogP) is 2.78. The van der Waals surface area contributed by atoms with E-state index in [1.165, 1.54) is 28.8 Å². The Morgan fingerprint density at radius 3 is 2.50 bits per heavy atom. The van der Waals surface area contributed by atoms with Crippen LogP contribution in [0.2, 0.25) is 0 Å². The molecule has 0 aliphatic rings. The average Bonchev–Trinajstić information content (AvgIpc) is 2.93. The van der Waals surface area contributed by atoms with Gasteiger partial charge >= 0.3 is 6.36 Å². The maximum atomic E-state index is 12.3. The number of pyridine rings is 1. The molecule has 2 N–H and O–H groups in total. The molecule has 1 amide bonds. The lowest BCUT2D eigenvalue weighted by molar-refractivity contribution is -0.274. The largest absolute Gasteiger partial charge is 0.573 e. The highest BCUT2D eigenvalue weighted by Crippen LogP contribution is 2.24. The zero-order valence-corrected chi connectivity index (χ0v) is 11.9. The molecule has 0 aliphatic carbocycles. The van der Waals surface area contributed by atoms with Crippen LogP contribution in [0, 0.1) is 0 Å². The number of aromatic nitrogens is 2. The van der Waals surface area contributed by atoms with Gasteiger partial charge in [-0.1, -0.05) is 6.07 Å². The van der Waals surface area contributed by atoms with E-state index in [0.29, 0.717) is 5.65 Å². The van der Waals surface area contributed by atoms with E-state index in [0.717, 1.165) is 12.1 Å². The third kappa shape index (κ3) is 3.24. The van der Waals surface area contributed by atoms with Gasteiger partial charge in [-0.15, -0.1) is 13.2 Å². The first-order valence-electron chi connectivity index (χ1n) is 6.70. The zero-order chi connectivity index (χ0) is 17.3. The molecular formula is C15H10F3N3O3. The van der Waals surface area contributed by atoms with Crippen molar-refractivity contribution in [3.63, 3.8) is 0 Å². The SMILES string of the molecule is O=C(Nc1ccc(OC(F)(F)F)cc1)c1c[nH]c2cccc(=O)n12. The summed E-state index contributed by atoms with van der Waals surface area (Å²) in [6, 6.07) is 9.15. The van der Waals surface area contributed by atoms with Crippen LogP contribution >= 0.6 is 0 Å². The van der Waals surface area contributed by atoms with E-state index in [2.05, 4.69) is 15.0 Å². The van der Waals surface area contributed by atoms with Gasteiger partial charge in [0.15, 0.2) is 0 Å². The van der Waals surface area contributed by atoms with E-state index in [9.17, 15) is 22.8 Å². The van der Waals surface area contributed by atoms with E-state index < -0.39 is 18.0 Å². The van der Waals surface area contributed by atoms with Crippen molar-refractivity contribution in [3.8, 4) is 5.75 Å². The molecule has 6 nitrogen and oxygen atoms in total. The second-order valence-corrected chi connectivity index (χ2v) is 4.78. The average molecular weight is 337 g/mol. The van der Waals surface area contributed by atoms with Crippen LogP contribution in [-0.4, -0.2) is 21.7 Å². The second kappa shape index (κ2) is 5.76. The van der Waals surface area contributed by atoms with Gasteiger partial charge in [-0.2, -0.15) is 0 Å². The number of ether oxygens (including phenoxy) is 1. The third-order valence-corrected chi connectivity index (χ3v) is 3.13. The predicted molar refractivity (Wildman–Crippen MR) is 79.1 cm³/mol. The Kier molecular flexibility index (Phi) is 3.76. The van der Waals surface area contributed by atoms with Gasteiger partial charge in [-0.05, 0) is 30.3 Å². The van der Waals surface area contributed by atoms with Crippen molar-refractivity contribution < 1.29 is 22.7 Å². The number of fused-ring (bicyclic) bond motifs is 1. The van der Waals surface area contributed by atoms with Crippen molar-refractivity contribution in [2.75, 3.05) is 5.32 Å². The summed E-state index contributed by atoms with van der Waals surface area (Å²) in [5, 5.41) is 2.50. The molecule has 0 aliphatic heterocycles. The standard InChI is InChI=1S/C15H10F3N3O3/c16-15(17,18)24-10-6-4-9(5-7-10)20-14(23)11-8-19-12-2-1-3-13(22)21(11)12/h1-8,19H,(H,20,23). The maximum Gasteiger partial charge on any atom is 0.573 e. The lowest BCUT2D eigenvalue weighted by atomic mass is 10.3. The number of amides is 1. The Morgan fingerprint density at radius 1 is 1.12 bits per heavy atom. The van der Waals surface area contributed by atoms with Crippen LogP contribution in [0.15, 0.2) is 53.5 Å². The number of nitrogens with one attached hydrogen (secondary N) is 2. The summed E-state index contributed by atoms with van der Waals surface area (Å²) in [6.07, 6.45) is -3.41. The van der Waals surface area contributed by atoms with Crippen LogP contribution in [0.4, 0.5) is 18.9 Å². The summed E-state index contributed by atoms with van der Waals surface area (Å²) in [4.78, 5) is 26.9. The summed E-state index contributed by atoms with van der Waals surface area (Å²) >= 11 is 0. The fraction of sp³-hybridized carbons (Fsp3) is 0.0667. The molecule has 24 heavy (non-hydrogen) atoms. The Labute approximate surface area is 132 Å². The first-order chi connectivity index (χ1) is 11.3. The fourth-order valence-electron chi connectivity index (χ4n) is 2.16. The lowest BCUT2D eigenvalue weighted by Gasteiger charge is -2.09. The quantitative estimate of drug-likeness (QED) is 0.772. The van der Waals surface area contributed by atoms with Gasteiger partial charge < -0.3 is 15.0 Å². The highest BCUT2D eigenvalue weighted by molar-refractivity contribution is 6.03. The van der Waals surface area contributed by atoms with Crippen molar-refractivity contribution in [1.29, 1.82) is 0 Å². The first-order valence-corrected chi connectivity index (χ1v) is 6.70. The number of hydrogen-bond acceptors (Lipinski definition) is 3. The Hall–Kier alpha value is -3.23. The first kappa shape index (κ1) is 15.7. The summed E-state index contributed by atoms with van der Waals surface area (Å²) < 4.78 is 41.2. The number of benzene rings is 1. The molecule has 0 atom stereocenters. The van der Waals surface area contributed by atoms with Crippen LogP contribution in [-0.2, 0) is 0 Å². The van der Waals surface area contributed by atoms with Crippen molar-refractivity contribution in [2.24, 2.45) is 0 Å². The Bertz CT molecular complexity index is 942. The third-order valence-electron chi connectivity index (χ3n) is 3.13. The summed E-state index contributed by atoms with van der Waals surface area (Å²) in [7, 11) is 0. The van der Waals surface area contributed by atoms with Crippen molar-refractivity contribution in [1.82, 2.24) is 9.38 Å². The van der Waals surface area contributed by atoms with Gasteiger partial charge in [0, 0.05) is 18.0 Å². The minimum absolute atomic E-state index is 0.0752. The van der Waals surface area contributed by atoms with E-state index in [4.69, 9.17) is 0 Å². The number of halogens is 3. The summed E-state index contributed by atoms with van der Waals surface area (Å²) in [6.45, 7) is 0. The van der Waals surface area contributed by atoms with Crippen LogP contribution < -0.4 is 15.6 Å². The molecule has 0 unspecified atom stereocenters. The molecule has 2 aromatic heterocycles. The molecule has 1 aromatic carbocycles. The van der Waals surface area contributed by atoms with Crippen molar-refractivity contribution in [3.05, 3.63) is 64.7 Å². The van der Waals surface area contributed by atoms with Crippen LogP contribution in [0.5, 0.6) is 5.75 Å². The normalized spacial score (nSPS) is 11.5. The summed E-state index contributed by atoms with van der Waals surface area (Å²) in [5.41, 5.74) is 0.397. The number of aromatic amines is 1. The zero-order valence-electron chi connectivity index (χ0n) is 11.9. The van der Waals surface area contributed by atoms with E-state index in [-0.39, 0.29) is 16.9 Å². The maximum absolute atomic E-state index is 12.3. The van der Waals surface area contributed by atoms with Crippen LogP contribution in [0.3, 0.4) is 0 Å². The molecule has 3 aromatic rings. The number of carbonyl (C=O) groups excluding carboxylic acids is 1. The highest BCUT2D eigenvalue weighted by atomic mass is 19.4. The highest BCUT2D eigenvalue weighted by Gasteiger charge is 2.31. The molecule has 9 heteroatoms. The number of anilines is 1. The molecule has 0 bridgehead atoms. The topological polar surface area (TPSA) is 75.6 Å². The lowest BCUT2D eigenvalue weighted by Crippen LogP contribution is -2.20. The van der Waals surface area contributed by atoms with Gasteiger partial charge in [-0.25, -0.2) is 0 Å². The number of alkyl halides is 3. The van der Waals surface area contributed by atoms with Crippen molar-refractivity contribution in [2.45, 2.75) is 6.36 Å². The molecule has 0 spiro atoms. The molecule has 0 saturated carbocycles. The monoisotopic (exact) mass is 337 g/mol. The number of rotatable bonds is 3.